The summed E-state index contributed by atoms with van der Waals surface area (Å²) in [6.45, 7) is 4.07. The Kier molecular flexibility index (Phi) is 4.34. The summed E-state index contributed by atoms with van der Waals surface area (Å²) in [6.07, 6.45) is 3.78. The monoisotopic (exact) mass is 412 g/mol. The van der Waals surface area contributed by atoms with E-state index in [0.29, 0.717) is 22.8 Å². The van der Waals surface area contributed by atoms with E-state index in [4.69, 9.17) is 18.9 Å². The highest BCUT2D eigenvalue weighted by Gasteiger charge is 2.60. The van der Waals surface area contributed by atoms with Gasteiger partial charge in [0, 0.05) is 30.3 Å². The molecule has 0 bridgehead atoms. The average molecular weight is 412 g/mol. The molecule has 2 aliphatic rings. The standard InChI is InChI=1S/C22H24N2O6/c1-21(2)19-16(10-15(28-5)12-18(19)29-6)23(3)22(21)8-7-13-9-14(27-4)11-17(24(25)26)20(13)30-22/h7-12H,1-6H3. The Morgan fingerprint density at radius 1 is 1.03 bits per heavy atom. The van der Waals surface area contributed by atoms with Crippen molar-refractivity contribution in [2.24, 2.45) is 0 Å². The molecule has 0 aliphatic carbocycles. The van der Waals surface area contributed by atoms with Crippen LogP contribution < -0.4 is 23.8 Å². The normalized spacial score (nSPS) is 20.4. The second kappa shape index (κ2) is 6.55. The first-order chi connectivity index (χ1) is 14.2. The largest absolute Gasteiger partial charge is 0.497 e. The van der Waals surface area contributed by atoms with Gasteiger partial charge in [-0.1, -0.05) is 0 Å². The highest BCUT2D eigenvalue weighted by molar-refractivity contribution is 5.78. The van der Waals surface area contributed by atoms with E-state index in [-0.39, 0.29) is 11.4 Å². The van der Waals surface area contributed by atoms with Crippen molar-refractivity contribution >= 4 is 17.5 Å². The van der Waals surface area contributed by atoms with Crippen LogP contribution in [0.15, 0.2) is 30.3 Å². The van der Waals surface area contributed by atoms with Gasteiger partial charge >= 0.3 is 5.69 Å². The molecule has 1 spiro atoms. The molecule has 0 radical (unpaired) electrons. The molecule has 8 heteroatoms. The highest BCUT2D eigenvalue weighted by Crippen LogP contribution is 2.59. The van der Waals surface area contributed by atoms with Crippen molar-refractivity contribution in [2.75, 3.05) is 33.3 Å². The SMILES string of the molecule is COc1cc(OC)c2c(c1)N(C)C1(C=Cc3cc(OC)cc([N+](=O)[O-])c3O1)C2(C)C. The Morgan fingerprint density at radius 2 is 1.70 bits per heavy atom. The van der Waals surface area contributed by atoms with Crippen LogP contribution in [0.4, 0.5) is 11.4 Å². The number of benzene rings is 2. The van der Waals surface area contributed by atoms with E-state index in [9.17, 15) is 10.1 Å². The maximum absolute atomic E-state index is 11.8. The van der Waals surface area contributed by atoms with Gasteiger partial charge in [0.05, 0.1) is 43.4 Å². The van der Waals surface area contributed by atoms with Crippen LogP contribution in [0.25, 0.3) is 6.08 Å². The molecule has 0 fully saturated rings. The number of nitro benzene ring substituents is 1. The molecule has 0 aromatic heterocycles. The zero-order valence-electron chi connectivity index (χ0n) is 17.8. The summed E-state index contributed by atoms with van der Waals surface area (Å²) in [5.74, 6) is 1.94. The van der Waals surface area contributed by atoms with Crippen molar-refractivity contribution in [3.63, 3.8) is 0 Å². The summed E-state index contributed by atoms with van der Waals surface area (Å²) in [7, 11) is 6.59. The molecule has 0 amide bonds. The van der Waals surface area contributed by atoms with E-state index in [1.165, 1.54) is 13.2 Å². The minimum atomic E-state index is -0.999. The van der Waals surface area contributed by atoms with Gasteiger partial charge in [0.1, 0.15) is 17.2 Å². The van der Waals surface area contributed by atoms with Crippen molar-refractivity contribution in [1.82, 2.24) is 0 Å². The fraction of sp³-hybridized carbons (Fsp3) is 0.364. The predicted octanol–water partition coefficient (Wildman–Crippen LogP) is 4.15. The molecule has 2 aromatic carbocycles. The first-order valence-corrected chi connectivity index (χ1v) is 9.45. The summed E-state index contributed by atoms with van der Waals surface area (Å²) in [5.41, 5.74) is 0.671. The number of methoxy groups -OCH3 is 3. The third-order valence-electron chi connectivity index (χ3n) is 6.14. The Bertz CT molecular complexity index is 1080. The highest BCUT2D eigenvalue weighted by atomic mass is 16.6. The number of likely N-dealkylation sites (N-methyl/N-ethyl adjacent to an activating group) is 1. The first kappa shape index (κ1) is 19.9. The molecule has 1 atom stereocenters. The summed E-state index contributed by atoms with van der Waals surface area (Å²) in [6, 6.07) is 6.86. The van der Waals surface area contributed by atoms with Crippen LogP contribution in [-0.4, -0.2) is 39.0 Å². The molecule has 0 saturated heterocycles. The smallest absolute Gasteiger partial charge is 0.315 e. The van der Waals surface area contributed by atoms with Gasteiger partial charge in [-0.15, -0.1) is 0 Å². The maximum atomic E-state index is 11.8. The van der Waals surface area contributed by atoms with Crippen molar-refractivity contribution in [3.8, 4) is 23.0 Å². The Balaban J connectivity index is 1.93. The second-order valence-electron chi connectivity index (χ2n) is 7.86. The molecule has 0 N–H and O–H groups in total. The molecule has 158 valence electrons. The maximum Gasteiger partial charge on any atom is 0.315 e. The lowest BCUT2D eigenvalue weighted by Gasteiger charge is -2.45. The number of hydrogen-bond donors (Lipinski definition) is 0. The number of ether oxygens (including phenoxy) is 4. The number of fused-ring (bicyclic) bond motifs is 2. The number of nitrogens with zero attached hydrogens (tertiary/aromatic N) is 2. The topological polar surface area (TPSA) is 83.3 Å². The average Bonchev–Trinajstić information content (AvgIpc) is 2.90. The molecule has 2 heterocycles. The van der Waals surface area contributed by atoms with Gasteiger partial charge in [-0.05, 0) is 32.1 Å². The van der Waals surface area contributed by atoms with Crippen LogP contribution in [0.1, 0.15) is 25.0 Å². The molecule has 30 heavy (non-hydrogen) atoms. The fourth-order valence-corrected chi connectivity index (χ4v) is 4.53. The zero-order chi connectivity index (χ0) is 21.8. The van der Waals surface area contributed by atoms with Crippen molar-refractivity contribution in [3.05, 3.63) is 51.6 Å². The van der Waals surface area contributed by atoms with Gasteiger partial charge in [0.15, 0.2) is 0 Å². The van der Waals surface area contributed by atoms with E-state index < -0.39 is 16.1 Å². The molecular weight excluding hydrogens is 388 g/mol. The summed E-state index contributed by atoms with van der Waals surface area (Å²) < 4.78 is 22.8. The Hall–Kier alpha value is -3.42. The van der Waals surface area contributed by atoms with Crippen LogP contribution in [0.5, 0.6) is 23.0 Å². The molecule has 1 unspecified atom stereocenters. The molecule has 2 aliphatic heterocycles. The van der Waals surface area contributed by atoms with Crippen LogP contribution in [0.2, 0.25) is 0 Å². The Morgan fingerprint density at radius 3 is 2.30 bits per heavy atom. The minimum Gasteiger partial charge on any atom is -0.497 e. The molecule has 8 nitrogen and oxygen atoms in total. The van der Waals surface area contributed by atoms with Gasteiger partial charge in [-0.25, -0.2) is 0 Å². The first-order valence-electron chi connectivity index (χ1n) is 9.45. The van der Waals surface area contributed by atoms with E-state index in [1.54, 1.807) is 20.3 Å². The quantitative estimate of drug-likeness (QED) is 0.551. The van der Waals surface area contributed by atoms with Gasteiger partial charge in [0.25, 0.3) is 0 Å². The second-order valence-corrected chi connectivity index (χ2v) is 7.86. The van der Waals surface area contributed by atoms with Crippen LogP contribution in [0, 0.1) is 10.1 Å². The van der Waals surface area contributed by atoms with Crippen LogP contribution >= 0.6 is 0 Å². The minimum absolute atomic E-state index is 0.141. The summed E-state index contributed by atoms with van der Waals surface area (Å²) in [5, 5.41) is 11.8. The lowest BCUT2D eigenvalue weighted by molar-refractivity contribution is -0.386. The summed E-state index contributed by atoms with van der Waals surface area (Å²) >= 11 is 0. The third kappa shape index (κ3) is 2.46. The Labute approximate surface area is 174 Å². The molecule has 4 rings (SSSR count). The number of rotatable bonds is 4. The van der Waals surface area contributed by atoms with E-state index >= 15 is 0 Å². The van der Waals surface area contributed by atoms with Gasteiger partial charge in [-0.2, -0.15) is 0 Å². The van der Waals surface area contributed by atoms with Crippen molar-refractivity contribution in [1.29, 1.82) is 0 Å². The fourth-order valence-electron chi connectivity index (χ4n) is 4.53. The van der Waals surface area contributed by atoms with Crippen molar-refractivity contribution < 1.29 is 23.9 Å². The van der Waals surface area contributed by atoms with E-state index in [1.807, 2.05) is 50.1 Å². The number of hydrogen-bond acceptors (Lipinski definition) is 7. The molecular formula is C22H24N2O6. The predicted molar refractivity (Wildman–Crippen MR) is 113 cm³/mol. The van der Waals surface area contributed by atoms with Gasteiger partial charge in [-0.3, -0.25) is 10.1 Å². The van der Waals surface area contributed by atoms with E-state index in [2.05, 4.69) is 0 Å². The van der Waals surface area contributed by atoms with Gasteiger partial charge in [0.2, 0.25) is 11.5 Å². The van der Waals surface area contributed by atoms with E-state index in [0.717, 1.165) is 11.3 Å². The van der Waals surface area contributed by atoms with Crippen LogP contribution in [0.3, 0.4) is 0 Å². The van der Waals surface area contributed by atoms with Crippen LogP contribution in [-0.2, 0) is 5.41 Å². The molecule has 0 saturated carbocycles. The zero-order valence-corrected chi connectivity index (χ0v) is 17.8. The lowest BCUT2D eigenvalue weighted by Crippen LogP contribution is -2.58. The van der Waals surface area contributed by atoms with Gasteiger partial charge < -0.3 is 23.8 Å². The molecule has 2 aromatic rings. The summed E-state index contributed by atoms with van der Waals surface area (Å²) in [4.78, 5) is 13.3. The number of anilines is 1. The lowest BCUT2D eigenvalue weighted by atomic mass is 9.76. The van der Waals surface area contributed by atoms with Crippen molar-refractivity contribution in [2.45, 2.75) is 25.0 Å². The number of nitro groups is 1. The third-order valence-corrected chi connectivity index (χ3v) is 6.14.